The third-order valence-corrected chi connectivity index (χ3v) is 2.61. The molecule has 0 aromatic carbocycles. The van der Waals surface area contributed by atoms with Gasteiger partial charge in [0.25, 0.3) is 0 Å². The van der Waals surface area contributed by atoms with E-state index in [-0.39, 0.29) is 17.7 Å². The summed E-state index contributed by atoms with van der Waals surface area (Å²) in [7, 11) is 1.71. The standard InChI is InChI=1S/C12H20N2O3/c1-9(2)8-17-5-4-13-12(16)10-6-11(15)14(3)7-10/h10H,1,4-8H2,2-3H3,(H,13,16). The van der Waals surface area contributed by atoms with Crippen LogP contribution in [0, 0.1) is 5.92 Å². The molecule has 1 unspecified atom stereocenters. The number of hydrogen-bond acceptors (Lipinski definition) is 3. The lowest BCUT2D eigenvalue weighted by Crippen LogP contribution is -2.34. The zero-order valence-corrected chi connectivity index (χ0v) is 10.5. The minimum atomic E-state index is -0.214. The molecule has 17 heavy (non-hydrogen) atoms. The summed E-state index contributed by atoms with van der Waals surface area (Å²) in [6, 6.07) is 0. The van der Waals surface area contributed by atoms with Crippen LogP contribution in [0.25, 0.3) is 0 Å². The number of carbonyl (C=O) groups excluding carboxylic acids is 2. The van der Waals surface area contributed by atoms with Crippen molar-refractivity contribution in [2.24, 2.45) is 5.92 Å². The van der Waals surface area contributed by atoms with Gasteiger partial charge in [-0.1, -0.05) is 12.2 Å². The van der Waals surface area contributed by atoms with Crippen LogP contribution in [0.3, 0.4) is 0 Å². The number of nitrogens with zero attached hydrogens (tertiary/aromatic N) is 1. The van der Waals surface area contributed by atoms with Crippen LogP contribution in [0.1, 0.15) is 13.3 Å². The molecule has 1 N–H and O–H groups in total. The van der Waals surface area contributed by atoms with Gasteiger partial charge in [0, 0.05) is 26.6 Å². The van der Waals surface area contributed by atoms with E-state index >= 15 is 0 Å². The van der Waals surface area contributed by atoms with Crippen molar-refractivity contribution >= 4 is 11.8 Å². The summed E-state index contributed by atoms with van der Waals surface area (Å²) in [6.45, 7) is 7.57. The second kappa shape index (κ2) is 6.39. The Kier molecular flexibility index (Phi) is 5.15. The van der Waals surface area contributed by atoms with Gasteiger partial charge in [0.15, 0.2) is 0 Å². The summed E-state index contributed by atoms with van der Waals surface area (Å²) in [6.07, 6.45) is 0.314. The second-order valence-corrected chi connectivity index (χ2v) is 4.48. The van der Waals surface area contributed by atoms with E-state index < -0.39 is 0 Å². The molecule has 5 heteroatoms. The Labute approximate surface area is 102 Å². The number of likely N-dealkylation sites (tertiary alicyclic amines) is 1. The number of hydrogen-bond donors (Lipinski definition) is 1. The van der Waals surface area contributed by atoms with Gasteiger partial charge in [0.2, 0.25) is 11.8 Å². The molecular weight excluding hydrogens is 220 g/mol. The number of nitrogens with one attached hydrogen (secondary N) is 1. The van der Waals surface area contributed by atoms with Crippen LogP contribution in [0.2, 0.25) is 0 Å². The van der Waals surface area contributed by atoms with Gasteiger partial charge in [0.1, 0.15) is 0 Å². The van der Waals surface area contributed by atoms with Crippen molar-refractivity contribution in [3.63, 3.8) is 0 Å². The largest absolute Gasteiger partial charge is 0.375 e. The molecule has 0 bridgehead atoms. The van der Waals surface area contributed by atoms with Crippen LogP contribution in [-0.4, -0.2) is 50.1 Å². The van der Waals surface area contributed by atoms with E-state index in [0.29, 0.717) is 32.7 Å². The highest BCUT2D eigenvalue weighted by atomic mass is 16.5. The van der Waals surface area contributed by atoms with Gasteiger partial charge in [-0.3, -0.25) is 9.59 Å². The summed E-state index contributed by atoms with van der Waals surface area (Å²) in [5.74, 6) is -0.251. The normalized spacial score (nSPS) is 19.5. The molecule has 0 aromatic rings. The van der Waals surface area contributed by atoms with E-state index in [1.165, 1.54) is 0 Å². The van der Waals surface area contributed by atoms with Gasteiger partial charge >= 0.3 is 0 Å². The van der Waals surface area contributed by atoms with Crippen molar-refractivity contribution in [3.8, 4) is 0 Å². The molecule has 1 fully saturated rings. The van der Waals surface area contributed by atoms with Gasteiger partial charge < -0.3 is 15.0 Å². The maximum Gasteiger partial charge on any atom is 0.225 e. The Morgan fingerprint density at radius 3 is 2.88 bits per heavy atom. The van der Waals surface area contributed by atoms with Gasteiger partial charge in [0.05, 0.1) is 19.1 Å². The zero-order chi connectivity index (χ0) is 12.8. The fraction of sp³-hybridized carbons (Fsp3) is 0.667. The van der Waals surface area contributed by atoms with E-state index in [9.17, 15) is 9.59 Å². The van der Waals surface area contributed by atoms with Crippen LogP contribution >= 0.6 is 0 Å². The second-order valence-electron chi connectivity index (χ2n) is 4.48. The average Bonchev–Trinajstić information content (AvgIpc) is 2.58. The van der Waals surface area contributed by atoms with E-state index in [1.54, 1.807) is 11.9 Å². The first-order chi connectivity index (χ1) is 8.00. The first-order valence-corrected chi connectivity index (χ1v) is 5.74. The molecular formula is C12H20N2O3. The lowest BCUT2D eigenvalue weighted by atomic mass is 10.1. The zero-order valence-electron chi connectivity index (χ0n) is 10.5. The Morgan fingerprint density at radius 2 is 2.35 bits per heavy atom. The van der Waals surface area contributed by atoms with Crippen LogP contribution < -0.4 is 5.32 Å². The maximum atomic E-state index is 11.7. The SMILES string of the molecule is C=C(C)COCCNC(=O)C1CC(=O)N(C)C1. The lowest BCUT2D eigenvalue weighted by Gasteiger charge is -2.11. The molecule has 1 heterocycles. The van der Waals surface area contributed by atoms with Crippen LogP contribution in [0.5, 0.6) is 0 Å². The summed E-state index contributed by atoms with van der Waals surface area (Å²) < 4.78 is 5.26. The molecule has 1 atom stereocenters. The molecule has 1 saturated heterocycles. The topological polar surface area (TPSA) is 58.6 Å². The molecule has 96 valence electrons. The van der Waals surface area contributed by atoms with Crippen molar-refractivity contribution in [1.29, 1.82) is 0 Å². The first kappa shape index (κ1) is 13.7. The van der Waals surface area contributed by atoms with Gasteiger partial charge in [-0.25, -0.2) is 0 Å². The molecule has 1 aliphatic heterocycles. The fourth-order valence-corrected chi connectivity index (χ4v) is 1.68. The Morgan fingerprint density at radius 1 is 1.65 bits per heavy atom. The Hall–Kier alpha value is -1.36. The summed E-state index contributed by atoms with van der Waals surface area (Å²) >= 11 is 0. The highest BCUT2D eigenvalue weighted by Crippen LogP contribution is 2.15. The molecule has 1 aliphatic rings. The number of rotatable bonds is 6. The van der Waals surface area contributed by atoms with E-state index in [4.69, 9.17) is 4.74 Å². The third-order valence-electron chi connectivity index (χ3n) is 2.61. The fourth-order valence-electron chi connectivity index (χ4n) is 1.68. The summed E-state index contributed by atoms with van der Waals surface area (Å²) in [5, 5.41) is 2.77. The Bertz CT molecular complexity index is 315. The Balaban J connectivity index is 2.13. The summed E-state index contributed by atoms with van der Waals surface area (Å²) in [4.78, 5) is 24.5. The van der Waals surface area contributed by atoms with Crippen LogP contribution in [0.4, 0.5) is 0 Å². The highest BCUT2D eigenvalue weighted by Gasteiger charge is 2.31. The van der Waals surface area contributed by atoms with Crippen LogP contribution in [-0.2, 0) is 14.3 Å². The average molecular weight is 240 g/mol. The molecule has 0 spiro atoms. The minimum Gasteiger partial charge on any atom is -0.375 e. The quantitative estimate of drug-likeness (QED) is 0.532. The van der Waals surface area contributed by atoms with Gasteiger partial charge in [-0.05, 0) is 6.92 Å². The predicted octanol–water partition coefficient (Wildman–Crippen LogP) is 0.174. The number of ether oxygens (including phenoxy) is 1. The van der Waals surface area contributed by atoms with E-state index in [1.807, 2.05) is 6.92 Å². The monoisotopic (exact) mass is 240 g/mol. The molecule has 1 rings (SSSR count). The third kappa shape index (κ3) is 4.56. The van der Waals surface area contributed by atoms with E-state index in [2.05, 4.69) is 11.9 Å². The smallest absolute Gasteiger partial charge is 0.225 e. The predicted molar refractivity (Wildman–Crippen MR) is 64.4 cm³/mol. The molecule has 2 amide bonds. The maximum absolute atomic E-state index is 11.7. The van der Waals surface area contributed by atoms with Crippen molar-refractivity contribution in [3.05, 3.63) is 12.2 Å². The van der Waals surface area contributed by atoms with Crippen LogP contribution in [0.15, 0.2) is 12.2 Å². The van der Waals surface area contributed by atoms with Crippen molar-refractivity contribution < 1.29 is 14.3 Å². The van der Waals surface area contributed by atoms with Gasteiger partial charge in [-0.2, -0.15) is 0 Å². The minimum absolute atomic E-state index is 0.0312. The summed E-state index contributed by atoms with van der Waals surface area (Å²) in [5.41, 5.74) is 0.958. The molecule has 0 radical (unpaired) electrons. The van der Waals surface area contributed by atoms with Crippen molar-refractivity contribution in [2.45, 2.75) is 13.3 Å². The van der Waals surface area contributed by atoms with E-state index in [0.717, 1.165) is 5.57 Å². The number of carbonyl (C=O) groups is 2. The van der Waals surface area contributed by atoms with Gasteiger partial charge in [-0.15, -0.1) is 0 Å². The highest BCUT2D eigenvalue weighted by molar-refractivity contribution is 5.89. The molecule has 0 aliphatic carbocycles. The molecule has 0 saturated carbocycles. The van der Waals surface area contributed by atoms with Crippen molar-refractivity contribution in [1.82, 2.24) is 10.2 Å². The lowest BCUT2D eigenvalue weighted by molar-refractivity contribution is -0.128. The van der Waals surface area contributed by atoms with Crippen molar-refractivity contribution in [2.75, 3.05) is 33.4 Å². The number of amides is 2. The first-order valence-electron chi connectivity index (χ1n) is 5.74. The molecule has 0 aromatic heterocycles. The molecule has 5 nitrogen and oxygen atoms in total.